The lowest BCUT2D eigenvalue weighted by Crippen LogP contribution is -2.43. The van der Waals surface area contributed by atoms with E-state index in [-0.39, 0.29) is 5.92 Å². The summed E-state index contributed by atoms with van der Waals surface area (Å²) in [6.07, 6.45) is 0. The molecule has 1 rings (SSSR count). The molecule has 0 aliphatic carbocycles. The summed E-state index contributed by atoms with van der Waals surface area (Å²) in [4.78, 5) is 36.9. The van der Waals surface area contributed by atoms with Gasteiger partial charge in [-0.1, -0.05) is 13.8 Å². The molecule has 1 aromatic carbocycles. The number of hydrazine groups is 1. The summed E-state index contributed by atoms with van der Waals surface area (Å²) in [7, 11) is 0. The number of carbonyl (C=O) groups is 3. The number of esters is 1. The number of nitrogens with one attached hydrogen (secondary N) is 2. The molecule has 2 N–H and O–H groups in total. The van der Waals surface area contributed by atoms with Crippen LogP contribution in [0.1, 0.15) is 38.1 Å². The number of nitrogens with zero attached hydrogens (tertiary/aromatic N) is 1. The van der Waals surface area contributed by atoms with Crippen LogP contribution in [0.3, 0.4) is 0 Å². The maximum atomic E-state index is 12.0. The minimum Gasteiger partial charge on any atom is -0.455 e. The van der Waals surface area contributed by atoms with Gasteiger partial charge >= 0.3 is 5.97 Å². The number of anilines is 1. The molecule has 0 aromatic heterocycles. The predicted octanol–water partition coefficient (Wildman–Crippen LogP) is 1.49. The lowest BCUT2D eigenvalue weighted by atomic mass is 10.2. The van der Waals surface area contributed by atoms with E-state index >= 15 is 0 Å². The maximum Gasteiger partial charge on any atom is 0.308 e. The van der Waals surface area contributed by atoms with Crippen molar-refractivity contribution in [2.24, 2.45) is 5.92 Å². The van der Waals surface area contributed by atoms with Crippen LogP contribution in [0.2, 0.25) is 0 Å². The summed E-state index contributed by atoms with van der Waals surface area (Å²) in [5.41, 5.74) is 5.94. The van der Waals surface area contributed by atoms with Crippen molar-refractivity contribution in [1.29, 1.82) is 0 Å². The van der Waals surface area contributed by atoms with Gasteiger partial charge in [0.15, 0.2) is 6.61 Å². The van der Waals surface area contributed by atoms with Crippen molar-refractivity contribution in [3.63, 3.8) is 0 Å². The molecule has 0 unspecified atom stereocenters. The number of benzene rings is 1. The summed E-state index contributed by atoms with van der Waals surface area (Å²) in [6.45, 7) is 8.80. The van der Waals surface area contributed by atoms with E-state index in [1.54, 1.807) is 26.0 Å². The van der Waals surface area contributed by atoms with Gasteiger partial charge in [0.1, 0.15) is 0 Å². The normalized spacial score (nSPS) is 10.2. The van der Waals surface area contributed by atoms with Crippen molar-refractivity contribution >= 4 is 23.5 Å². The SMILES string of the molecule is CCN(CC)c1ccc(C(=O)NNC(=O)COC(=O)C(C)C)cc1. The Kier molecular flexibility index (Phi) is 7.74. The minimum absolute atomic E-state index is 0.309. The minimum atomic E-state index is -0.600. The number of hydrogen-bond donors (Lipinski definition) is 2. The van der Waals surface area contributed by atoms with Crippen LogP contribution in [0.15, 0.2) is 24.3 Å². The molecular formula is C17H25N3O4. The standard InChI is InChI=1S/C17H25N3O4/c1-5-20(6-2)14-9-7-13(8-10-14)16(22)19-18-15(21)11-24-17(23)12(3)4/h7-10,12H,5-6,11H2,1-4H3,(H,18,21)(H,19,22). The molecule has 0 fully saturated rings. The molecule has 132 valence electrons. The van der Waals surface area contributed by atoms with E-state index in [4.69, 9.17) is 4.74 Å². The molecular weight excluding hydrogens is 310 g/mol. The first-order valence-corrected chi connectivity index (χ1v) is 7.99. The van der Waals surface area contributed by atoms with Crippen LogP contribution < -0.4 is 15.8 Å². The van der Waals surface area contributed by atoms with Crippen molar-refractivity contribution < 1.29 is 19.1 Å². The van der Waals surface area contributed by atoms with Crippen LogP contribution in [0, 0.1) is 5.92 Å². The molecule has 0 aliphatic rings. The molecule has 0 heterocycles. The third-order valence-electron chi connectivity index (χ3n) is 3.39. The highest BCUT2D eigenvalue weighted by Gasteiger charge is 2.12. The summed E-state index contributed by atoms with van der Waals surface area (Å²) in [5, 5.41) is 0. The van der Waals surface area contributed by atoms with E-state index in [0.29, 0.717) is 5.56 Å². The Morgan fingerprint density at radius 3 is 2.12 bits per heavy atom. The Labute approximate surface area is 142 Å². The Balaban J connectivity index is 2.48. The zero-order valence-electron chi connectivity index (χ0n) is 14.6. The fourth-order valence-electron chi connectivity index (χ4n) is 1.95. The average Bonchev–Trinajstić information content (AvgIpc) is 2.59. The van der Waals surface area contributed by atoms with Gasteiger partial charge in [-0.15, -0.1) is 0 Å². The zero-order valence-corrected chi connectivity index (χ0v) is 14.6. The maximum absolute atomic E-state index is 12.0. The number of ether oxygens (including phenoxy) is 1. The van der Waals surface area contributed by atoms with Gasteiger partial charge in [0.05, 0.1) is 5.92 Å². The van der Waals surface area contributed by atoms with Gasteiger partial charge in [-0.25, -0.2) is 0 Å². The number of carbonyl (C=O) groups excluding carboxylic acids is 3. The summed E-state index contributed by atoms with van der Waals surface area (Å²) in [6, 6.07) is 7.09. The molecule has 24 heavy (non-hydrogen) atoms. The third-order valence-corrected chi connectivity index (χ3v) is 3.39. The molecule has 0 aliphatic heterocycles. The van der Waals surface area contributed by atoms with Crippen molar-refractivity contribution in [2.45, 2.75) is 27.7 Å². The van der Waals surface area contributed by atoms with Gasteiger partial charge in [-0.05, 0) is 38.1 Å². The van der Waals surface area contributed by atoms with E-state index in [2.05, 4.69) is 29.6 Å². The highest BCUT2D eigenvalue weighted by atomic mass is 16.5. The molecule has 0 bridgehead atoms. The number of rotatable bonds is 7. The molecule has 0 spiro atoms. The zero-order chi connectivity index (χ0) is 18.1. The van der Waals surface area contributed by atoms with E-state index in [0.717, 1.165) is 18.8 Å². The van der Waals surface area contributed by atoms with Gasteiger partial charge in [-0.2, -0.15) is 0 Å². The van der Waals surface area contributed by atoms with Crippen LogP contribution in [-0.4, -0.2) is 37.5 Å². The van der Waals surface area contributed by atoms with Crippen LogP contribution in [0.25, 0.3) is 0 Å². The van der Waals surface area contributed by atoms with Crippen molar-refractivity contribution in [1.82, 2.24) is 10.9 Å². The fourth-order valence-corrected chi connectivity index (χ4v) is 1.95. The second-order valence-corrected chi connectivity index (χ2v) is 5.48. The molecule has 0 saturated heterocycles. The second-order valence-electron chi connectivity index (χ2n) is 5.48. The first-order valence-electron chi connectivity index (χ1n) is 7.99. The quantitative estimate of drug-likeness (QED) is 0.582. The smallest absolute Gasteiger partial charge is 0.308 e. The monoisotopic (exact) mass is 335 g/mol. The highest BCUT2D eigenvalue weighted by Crippen LogP contribution is 2.14. The highest BCUT2D eigenvalue weighted by molar-refractivity contribution is 5.95. The largest absolute Gasteiger partial charge is 0.455 e. The van der Waals surface area contributed by atoms with E-state index in [1.165, 1.54) is 0 Å². The lowest BCUT2D eigenvalue weighted by Gasteiger charge is -2.21. The molecule has 0 saturated carbocycles. The second kappa shape index (κ2) is 9.54. The van der Waals surface area contributed by atoms with E-state index in [9.17, 15) is 14.4 Å². The van der Waals surface area contributed by atoms with Crippen molar-refractivity contribution in [3.8, 4) is 0 Å². The van der Waals surface area contributed by atoms with E-state index in [1.807, 2.05) is 12.1 Å². The lowest BCUT2D eigenvalue weighted by molar-refractivity contribution is -0.151. The summed E-state index contributed by atoms with van der Waals surface area (Å²) in [5.74, 6) is -1.82. The van der Waals surface area contributed by atoms with Gasteiger partial charge in [0.25, 0.3) is 11.8 Å². The Morgan fingerprint density at radius 1 is 1.04 bits per heavy atom. The average molecular weight is 335 g/mol. The molecule has 0 atom stereocenters. The van der Waals surface area contributed by atoms with E-state index < -0.39 is 24.4 Å². The summed E-state index contributed by atoms with van der Waals surface area (Å²) >= 11 is 0. The van der Waals surface area contributed by atoms with Gasteiger partial charge in [-0.3, -0.25) is 25.2 Å². The van der Waals surface area contributed by atoms with Crippen LogP contribution in [0.4, 0.5) is 5.69 Å². The van der Waals surface area contributed by atoms with Crippen molar-refractivity contribution in [2.75, 3.05) is 24.6 Å². The molecule has 7 nitrogen and oxygen atoms in total. The first-order chi connectivity index (χ1) is 11.4. The molecule has 0 radical (unpaired) electrons. The number of amides is 2. The topological polar surface area (TPSA) is 87.7 Å². The number of hydrogen-bond acceptors (Lipinski definition) is 5. The van der Waals surface area contributed by atoms with Gasteiger partial charge < -0.3 is 9.64 Å². The third kappa shape index (κ3) is 5.91. The van der Waals surface area contributed by atoms with Crippen molar-refractivity contribution in [3.05, 3.63) is 29.8 Å². The summed E-state index contributed by atoms with van der Waals surface area (Å²) < 4.78 is 4.76. The van der Waals surface area contributed by atoms with Crippen LogP contribution >= 0.6 is 0 Å². The van der Waals surface area contributed by atoms with Gasteiger partial charge in [0.2, 0.25) is 0 Å². The Morgan fingerprint density at radius 2 is 1.62 bits per heavy atom. The van der Waals surface area contributed by atoms with Gasteiger partial charge in [0, 0.05) is 24.3 Å². The molecule has 1 aromatic rings. The Bertz CT molecular complexity index is 566. The Hall–Kier alpha value is -2.57. The molecule has 2 amide bonds. The predicted molar refractivity (Wildman–Crippen MR) is 91.4 cm³/mol. The van der Waals surface area contributed by atoms with Crippen LogP contribution in [0.5, 0.6) is 0 Å². The first kappa shape index (κ1) is 19.5. The fraction of sp³-hybridized carbons (Fsp3) is 0.471. The van der Waals surface area contributed by atoms with Crippen LogP contribution in [-0.2, 0) is 14.3 Å². The molecule has 7 heteroatoms.